The van der Waals surface area contributed by atoms with Crippen molar-refractivity contribution in [1.29, 1.82) is 0 Å². The maximum Gasteiger partial charge on any atom is 0.148 e. The van der Waals surface area contributed by atoms with Crippen molar-refractivity contribution >= 4 is 39.1 Å². The minimum Gasteiger partial charge on any atom is -0.488 e. The van der Waals surface area contributed by atoms with Gasteiger partial charge in [-0.1, -0.05) is 39.7 Å². The highest BCUT2D eigenvalue weighted by molar-refractivity contribution is 9.10. The van der Waals surface area contributed by atoms with Gasteiger partial charge in [0.05, 0.1) is 10.9 Å². The zero-order valence-electron chi connectivity index (χ0n) is 9.80. The van der Waals surface area contributed by atoms with Gasteiger partial charge in [0.1, 0.15) is 18.2 Å². The largest absolute Gasteiger partial charge is 0.488 e. The Kier molecular flexibility index (Phi) is 5.08. The third kappa shape index (κ3) is 3.62. The van der Waals surface area contributed by atoms with Gasteiger partial charge in [0.15, 0.2) is 0 Å². The summed E-state index contributed by atoms with van der Waals surface area (Å²) in [5.41, 5.74) is 1.26. The molecule has 0 N–H and O–H groups in total. The van der Waals surface area contributed by atoms with Crippen molar-refractivity contribution in [2.75, 3.05) is 0 Å². The molecule has 0 aliphatic heterocycles. The maximum atomic E-state index is 13.7. The van der Waals surface area contributed by atoms with E-state index < -0.39 is 5.82 Å². The summed E-state index contributed by atoms with van der Waals surface area (Å²) in [6, 6.07) is 10.3. The van der Waals surface area contributed by atoms with E-state index in [0.717, 1.165) is 10.0 Å². The Labute approximate surface area is 129 Å². The molecule has 0 saturated heterocycles. The van der Waals surface area contributed by atoms with Crippen LogP contribution in [0.5, 0.6) is 5.75 Å². The summed E-state index contributed by atoms with van der Waals surface area (Å²) in [6.07, 6.45) is 0. The molecule has 0 fully saturated rings. The van der Waals surface area contributed by atoms with Gasteiger partial charge in [0.2, 0.25) is 0 Å². The molecule has 2 aromatic rings. The smallest absolute Gasteiger partial charge is 0.148 e. The molecule has 19 heavy (non-hydrogen) atoms. The number of rotatable bonds is 4. The van der Waals surface area contributed by atoms with E-state index in [0.29, 0.717) is 17.2 Å². The average molecular weight is 364 g/mol. The first-order valence-electron chi connectivity index (χ1n) is 5.52. The summed E-state index contributed by atoms with van der Waals surface area (Å²) in [4.78, 5) is 0. The quantitative estimate of drug-likeness (QED) is 0.646. The monoisotopic (exact) mass is 362 g/mol. The molecule has 0 heterocycles. The Morgan fingerprint density at radius 3 is 2.68 bits per heavy atom. The molecule has 0 amide bonds. The number of hydrogen-bond donors (Lipinski definition) is 0. The molecular formula is C14H10BrCl2FO. The standard InChI is InChI=1S/C14H10BrCl2FO/c15-11-4-5-13(10(6-11)7-16)19-8-9-2-1-3-12(17)14(9)18/h1-6H,7-8H2. The number of ether oxygens (including phenoxy) is 1. The van der Waals surface area contributed by atoms with Crippen molar-refractivity contribution in [3.05, 3.63) is 62.8 Å². The minimum atomic E-state index is -0.450. The van der Waals surface area contributed by atoms with Crippen molar-refractivity contribution in [2.45, 2.75) is 12.5 Å². The topological polar surface area (TPSA) is 9.23 Å². The van der Waals surface area contributed by atoms with E-state index in [1.54, 1.807) is 18.2 Å². The molecule has 0 aliphatic carbocycles. The fourth-order valence-corrected chi connectivity index (χ4v) is 2.42. The van der Waals surface area contributed by atoms with E-state index >= 15 is 0 Å². The fourth-order valence-electron chi connectivity index (χ4n) is 1.61. The molecular weight excluding hydrogens is 354 g/mol. The molecule has 0 radical (unpaired) electrons. The Morgan fingerprint density at radius 1 is 1.16 bits per heavy atom. The van der Waals surface area contributed by atoms with Crippen molar-refractivity contribution in [2.24, 2.45) is 0 Å². The molecule has 0 atom stereocenters. The van der Waals surface area contributed by atoms with E-state index in [4.69, 9.17) is 27.9 Å². The normalized spacial score (nSPS) is 10.5. The van der Waals surface area contributed by atoms with Crippen LogP contribution in [0.2, 0.25) is 5.02 Å². The molecule has 0 aliphatic rings. The van der Waals surface area contributed by atoms with Crippen molar-refractivity contribution in [3.63, 3.8) is 0 Å². The van der Waals surface area contributed by atoms with Crippen LogP contribution >= 0.6 is 39.1 Å². The highest BCUT2D eigenvalue weighted by Crippen LogP contribution is 2.26. The molecule has 0 unspecified atom stereocenters. The van der Waals surface area contributed by atoms with E-state index in [1.165, 1.54) is 6.07 Å². The highest BCUT2D eigenvalue weighted by Gasteiger charge is 2.09. The summed E-state index contributed by atoms with van der Waals surface area (Å²) < 4.78 is 20.2. The Balaban J connectivity index is 2.17. The predicted molar refractivity (Wildman–Crippen MR) is 79.4 cm³/mol. The lowest BCUT2D eigenvalue weighted by atomic mass is 10.2. The molecule has 100 valence electrons. The zero-order valence-corrected chi connectivity index (χ0v) is 12.9. The molecule has 2 rings (SSSR count). The third-order valence-electron chi connectivity index (χ3n) is 2.58. The molecule has 0 bridgehead atoms. The summed E-state index contributed by atoms with van der Waals surface area (Å²) in [7, 11) is 0. The van der Waals surface area contributed by atoms with Crippen LogP contribution in [0.1, 0.15) is 11.1 Å². The third-order valence-corrected chi connectivity index (χ3v) is 3.65. The van der Waals surface area contributed by atoms with Crippen LogP contribution in [0.4, 0.5) is 4.39 Å². The van der Waals surface area contributed by atoms with Gasteiger partial charge in [-0.25, -0.2) is 4.39 Å². The van der Waals surface area contributed by atoms with Gasteiger partial charge < -0.3 is 4.74 Å². The van der Waals surface area contributed by atoms with Crippen LogP contribution in [-0.4, -0.2) is 0 Å². The second-order valence-electron chi connectivity index (χ2n) is 3.89. The Hall–Kier alpha value is -0.770. The van der Waals surface area contributed by atoms with Gasteiger partial charge in [0.25, 0.3) is 0 Å². The first-order valence-corrected chi connectivity index (χ1v) is 7.22. The first-order chi connectivity index (χ1) is 9.11. The van der Waals surface area contributed by atoms with E-state index in [2.05, 4.69) is 15.9 Å². The SMILES string of the molecule is Fc1c(Cl)cccc1COc1ccc(Br)cc1CCl. The number of halogens is 4. The minimum absolute atomic E-state index is 0.0921. The molecule has 0 aromatic heterocycles. The molecule has 5 heteroatoms. The van der Waals surface area contributed by atoms with Crippen LogP contribution in [0.15, 0.2) is 40.9 Å². The summed E-state index contributed by atoms with van der Waals surface area (Å²) >= 11 is 14.9. The van der Waals surface area contributed by atoms with Crippen molar-refractivity contribution < 1.29 is 9.13 Å². The number of alkyl halides is 1. The molecule has 0 spiro atoms. The van der Waals surface area contributed by atoms with Crippen molar-refractivity contribution in [1.82, 2.24) is 0 Å². The second-order valence-corrected chi connectivity index (χ2v) is 5.48. The van der Waals surface area contributed by atoms with Gasteiger partial charge >= 0.3 is 0 Å². The second kappa shape index (κ2) is 6.60. The van der Waals surface area contributed by atoms with E-state index in [9.17, 15) is 4.39 Å². The molecule has 2 aromatic carbocycles. The van der Waals surface area contributed by atoms with Gasteiger partial charge in [-0.05, 0) is 24.3 Å². The predicted octanol–water partition coefficient (Wildman–Crippen LogP) is 5.56. The average Bonchev–Trinajstić information content (AvgIpc) is 2.41. The van der Waals surface area contributed by atoms with Gasteiger partial charge in [-0.15, -0.1) is 11.6 Å². The van der Waals surface area contributed by atoms with Crippen LogP contribution in [0.25, 0.3) is 0 Å². The summed E-state index contributed by atoms with van der Waals surface area (Å²) in [6.45, 7) is 0.109. The number of hydrogen-bond acceptors (Lipinski definition) is 1. The maximum absolute atomic E-state index is 13.7. The van der Waals surface area contributed by atoms with E-state index in [-0.39, 0.29) is 11.6 Å². The number of benzene rings is 2. The van der Waals surface area contributed by atoms with Crippen LogP contribution in [0, 0.1) is 5.82 Å². The summed E-state index contributed by atoms with van der Waals surface area (Å²) in [5.74, 6) is 0.513. The fraction of sp³-hybridized carbons (Fsp3) is 0.143. The lowest BCUT2D eigenvalue weighted by Crippen LogP contribution is -2.00. The van der Waals surface area contributed by atoms with Crippen molar-refractivity contribution in [3.8, 4) is 5.75 Å². The highest BCUT2D eigenvalue weighted by atomic mass is 79.9. The Bertz CT molecular complexity index is 590. The Morgan fingerprint density at radius 2 is 1.95 bits per heavy atom. The first kappa shape index (κ1) is 14.6. The van der Waals surface area contributed by atoms with E-state index in [1.807, 2.05) is 12.1 Å². The van der Waals surface area contributed by atoms with Gasteiger partial charge in [-0.3, -0.25) is 0 Å². The molecule has 1 nitrogen and oxygen atoms in total. The van der Waals surface area contributed by atoms with Crippen LogP contribution in [-0.2, 0) is 12.5 Å². The van der Waals surface area contributed by atoms with Gasteiger partial charge in [0, 0.05) is 15.6 Å². The molecule has 0 saturated carbocycles. The zero-order chi connectivity index (χ0) is 13.8. The lowest BCUT2D eigenvalue weighted by Gasteiger charge is -2.11. The summed E-state index contributed by atoms with van der Waals surface area (Å²) in [5, 5.41) is 0.0921. The van der Waals surface area contributed by atoms with Crippen LogP contribution in [0.3, 0.4) is 0 Å². The lowest BCUT2D eigenvalue weighted by molar-refractivity contribution is 0.297. The van der Waals surface area contributed by atoms with Gasteiger partial charge in [-0.2, -0.15) is 0 Å². The van der Waals surface area contributed by atoms with Crippen LogP contribution < -0.4 is 4.74 Å².